The van der Waals surface area contributed by atoms with Gasteiger partial charge in [-0.2, -0.15) is 0 Å². The van der Waals surface area contributed by atoms with Crippen molar-refractivity contribution < 1.29 is 8.83 Å². The Bertz CT molecular complexity index is 3590. The second kappa shape index (κ2) is 14.3. The number of anilines is 3. The first kappa shape index (κ1) is 34.9. The molecule has 3 nitrogen and oxygen atoms in total. The summed E-state index contributed by atoms with van der Waals surface area (Å²) >= 11 is 0. The molecule has 0 aliphatic rings. The second-order valence-corrected chi connectivity index (χ2v) is 15.7. The van der Waals surface area contributed by atoms with E-state index in [0.717, 1.165) is 94.3 Å². The number of benzene rings is 10. The minimum absolute atomic E-state index is 0.885. The average molecular weight is 780 g/mol. The number of furan rings is 2. The third-order valence-electron chi connectivity index (χ3n) is 12.1. The lowest BCUT2D eigenvalue weighted by Gasteiger charge is -2.28. The minimum atomic E-state index is 0.885. The van der Waals surface area contributed by atoms with E-state index in [9.17, 15) is 0 Å². The summed E-state index contributed by atoms with van der Waals surface area (Å²) in [5.41, 5.74) is 16.1. The van der Waals surface area contributed by atoms with Gasteiger partial charge in [0.05, 0.1) is 5.69 Å². The zero-order chi connectivity index (χ0) is 40.3. The van der Waals surface area contributed by atoms with Crippen molar-refractivity contribution in [3.8, 4) is 44.5 Å². The Hall–Kier alpha value is -8.14. The van der Waals surface area contributed by atoms with Crippen LogP contribution in [0.4, 0.5) is 17.1 Å². The topological polar surface area (TPSA) is 29.5 Å². The van der Waals surface area contributed by atoms with E-state index in [0.29, 0.717) is 0 Å². The van der Waals surface area contributed by atoms with Crippen LogP contribution in [0.25, 0.3) is 99.2 Å². The summed E-state index contributed by atoms with van der Waals surface area (Å²) in [5.74, 6) is 0. The average Bonchev–Trinajstić information content (AvgIpc) is 3.90. The fourth-order valence-electron chi connectivity index (χ4n) is 9.09. The molecule has 0 aliphatic heterocycles. The third-order valence-corrected chi connectivity index (χ3v) is 12.1. The van der Waals surface area contributed by atoms with Crippen molar-refractivity contribution in [1.82, 2.24) is 0 Å². The molecule has 2 aromatic heterocycles. The molecule has 2 heterocycles. The Labute approximate surface area is 353 Å². The Morgan fingerprint density at radius 1 is 0.262 bits per heavy atom. The lowest BCUT2D eigenvalue weighted by atomic mass is 9.96. The molecule has 0 amide bonds. The Kier molecular flexibility index (Phi) is 8.17. The molecule has 12 aromatic rings. The Morgan fingerprint density at radius 3 is 1.49 bits per heavy atom. The van der Waals surface area contributed by atoms with Gasteiger partial charge in [-0.1, -0.05) is 158 Å². The third kappa shape index (κ3) is 6.06. The quantitative estimate of drug-likeness (QED) is 0.161. The van der Waals surface area contributed by atoms with Crippen molar-refractivity contribution in [3.63, 3.8) is 0 Å². The first-order valence-electron chi connectivity index (χ1n) is 20.7. The molecular weight excluding hydrogens is 743 g/mol. The van der Waals surface area contributed by atoms with Gasteiger partial charge in [0, 0.05) is 38.5 Å². The van der Waals surface area contributed by atoms with Gasteiger partial charge in [-0.3, -0.25) is 0 Å². The summed E-state index contributed by atoms with van der Waals surface area (Å²) in [6, 6.07) is 80.2. The van der Waals surface area contributed by atoms with E-state index in [1.165, 1.54) is 21.9 Å². The molecule has 3 heteroatoms. The van der Waals surface area contributed by atoms with Gasteiger partial charge in [-0.05, 0) is 116 Å². The number of hydrogen-bond acceptors (Lipinski definition) is 3. The van der Waals surface area contributed by atoms with Crippen LogP contribution in [0.3, 0.4) is 0 Å². The number of nitrogens with zero attached hydrogens (tertiary/aromatic N) is 1. The van der Waals surface area contributed by atoms with Crippen LogP contribution in [0.15, 0.2) is 233 Å². The van der Waals surface area contributed by atoms with E-state index in [4.69, 9.17) is 8.83 Å². The SMILES string of the molecule is c1cc(-c2ccc(-c3cccc4ccccc34)cc2)cc(N(c2ccc(-c3ccc4oc5ccccc5c4c3)cc2)c2ccccc2-c2ccc3oc4ccccc4c3c2)c1. The lowest BCUT2D eigenvalue weighted by molar-refractivity contribution is 0.668. The van der Waals surface area contributed by atoms with E-state index in [1.807, 2.05) is 24.3 Å². The number of rotatable bonds is 7. The van der Waals surface area contributed by atoms with Gasteiger partial charge in [0.15, 0.2) is 0 Å². The van der Waals surface area contributed by atoms with Crippen LogP contribution in [0.5, 0.6) is 0 Å². The first-order chi connectivity index (χ1) is 30.2. The number of hydrogen-bond donors (Lipinski definition) is 0. The van der Waals surface area contributed by atoms with Crippen LogP contribution >= 0.6 is 0 Å². The molecule has 10 aromatic carbocycles. The molecule has 0 saturated carbocycles. The molecule has 286 valence electrons. The summed E-state index contributed by atoms with van der Waals surface area (Å²) < 4.78 is 12.4. The zero-order valence-electron chi connectivity index (χ0n) is 33.1. The molecule has 0 bridgehead atoms. The highest BCUT2D eigenvalue weighted by atomic mass is 16.3. The smallest absolute Gasteiger partial charge is 0.135 e. The molecule has 12 rings (SSSR count). The van der Waals surface area contributed by atoms with Crippen LogP contribution < -0.4 is 4.90 Å². The van der Waals surface area contributed by atoms with Gasteiger partial charge < -0.3 is 13.7 Å². The second-order valence-electron chi connectivity index (χ2n) is 15.7. The first-order valence-corrected chi connectivity index (χ1v) is 20.7. The monoisotopic (exact) mass is 779 g/mol. The van der Waals surface area contributed by atoms with Gasteiger partial charge in [0.2, 0.25) is 0 Å². The largest absolute Gasteiger partial charge is 0.456 e. The van der Waals surface area contributed by atoms with Crippen molar-refractivity contribution in [3.05, 3.63) is 224 Å². The molecule has 0 saturated heterocycles. The van der Waals surface area contributed by atoms with Crippen LogP contribution in [0, 0.1) is 0 Å². The summed E-state index contributed by atoms with van der Waals surface area (Å²) in [5, 5.41) is 6.98. The van der Waals surface area contributed by atoms with Gasteiger partial charge in [0.25, 0.3) is 0 Å². The van der Waals surface area contributed by atoms with Crippen molar-refractivity contribution in [2.45, 2.75) is 0 Å². The predicted molar refractivity (Wildman–Crippen MR) is 255 cm³/mol. The summed E-state index contributed by atoms with van der Waals surface area (Å²) in [7, 11) is 0. The minimum Gasteiger partial charge on any atom is -0.456 e. The molecule has 0 N–H and O–H groups in total. The van der Waals surface area contributed by atoms with Crippen LogP contribution in [0.1, 0.15) is 0 Å². The number of fused-ring (bicyclic) bond motifs is 7. The highest BCUT2D eigenvalue weighted by Gasteiger charge is 2.19. The Morgan fingerprint density at radius 2 is 0.754 bits per heavy atom. The summed E-state index contributed by atoms with van der Waals surface area (Å²) in [6.07, 6.45) is 0. The van der Waals surface area contributed by atoms with Gasteiger partial charge in [-0.15, -0.1) is 0 Å². The van der Waals surface area contributed by atoms with E-state index < -0.39 is 0 Å². The maximum Gasteiger partial charge on any atom is 0.135 e. The maximum atomic E-state index is 6.24. The zero-order valence-corrected chi connectivity index (χ0v) is 33.1. The van der Waals surface area contributed by atoms with Gasteiger partial charge in [0.1, 0.15) is 22.3 Å². The molecule has 0 unspecified atom stereocenters. The van der Waals surface area contributed by atoms with Crippen LogP contribution in [0.2, 0.25) is 0 Å². The molecule has 0 atom stereocenters. The fourth-order valence-corrected chi connectivity index (χ4v) is 9.09. The highest BCUT2D eigenvalue weighted by molar-refractivity contribution is 6.08. The standard InChI is InChI=1S/C58H37NO2/c1-2-15-47-40(11-1)12-10-19-48(47)41-25-23-38(24-26-41)42-13-9-14-46(35-42)59(45-31-27-39(28-32-45)43-29-33-57-52(36-43)50-17-4-7-21-55(50)60-57)54-20-6-3-16-49(54)44-30-34-58-53(37-44)51-18-5-8-22-56(51)61-58/h1-37H. The number of para-hydroxylation sites is 3. The summed E-state index contributed by atoms with van der Waals surface area (Å²) in [6.45, 7) is 0. The van der Waals surface area contributed by atoms with Crippen molar-refractivity contribution >= 4 is 71.7 Å². The molecule has 61 heavy (non-hydrogen) atoms. The summed E-state index contributed by atoms with van der Waals surface area (Å²) in [4.78, 5) is 2.39. The predicted octanol–water partition coefficient (Wildman–Crippen LogP) is 16.8. The lowest BCUT2D eigenvalue weighted by Crippen LogP contribution is -2.11. The van der Waals surface area contributed by atoms with Crippen LogP contribution in [-0.4, -0.2) is 0 Å². The van der Waals surface area contributed by atoms with E-state index in [2.05, 4.69) is 205 Å². The van der Waals surface area contributed by atoms with E-state index in [-0.39, 0.29) is 0 Å². The molecule has 0 spiro atoms. The maximum absolute atomic E-state index is 6.24. The van der Waals surface area contributed by atoms with E-state index >= 15 is 0 Å². The highest BCUT2D eigenvalue weighted by Crippen LogP contribution is 2.44. The molecule has 0 fully saturated rings. The Balaban J connectivity index is 0.973. The van der Waals surface area contributed by atoms with Crippen LogP contribution in [-0.2, 0) is 0 Å². The molecular formula is C58H37NO2. The van der Waals surface area contributed by atoms with E-state index in [1.54, 1.807) is 0 Å². The normalized spacial score (nSPS) is 11.6. The van der Waals surface area contributed by atoms with Gasteiger partial charge >= 0.3 is 0 Å². The molecule has 0 aliphatic carbocycles. The molecule has 0 radical (unpaired) electrons. The fraction of sp³-hybridized carbons (Fsp3) is 0. The van der Waals surface area contributed by atoms with Crippen molar-refractivity contribution in [2.24, 2.45) is 0 Å². The van der Waals surface area contributed by atoms with Crippen molar-refractivity contribution in [2.75, 3.05) is 4.90 Å². The van der Waals surface area contributed by atoms with Gasteiger partial charge in [-0.25, -0.2) is 0 Å². The van der Waals surface area contributed by atoms with Crippen molar-refractivity contribution in [1.29, 1.82) is 0 Å².